The molecule has 6 heteroatoms. The van der Waals surface area contributed by atoms with E-state index in [1.807, 2.05) is 97.4 Å². The van der Waals surface area contributed by atoms with Gasteiger partial charge in [0, 0.05) is 23.6 Å². The van der Waals surface area contributed by atoms with Gasteiger partial charge in [0.15, 0.2) is 5.78 Å². The summed E-state index contributed by atoms with van der Waals surface area (Å²) in [4.78, 5) is 42.6. The van der Waals surface area contributed by atoms with Crippen molar-refractivity contribution in [1.82, 2.24) is 9.47 Å². The fraction of sp³-hybridized carbons (Fsp3) is 0.179. The Morgan fingerprint density at radius 1 is 0.882 bits per heavy atom. The van der Waals surface area contributed by atoms with Gasteiger partial charge in [-0.3, -0.25) is 19.4 Å². The molecule has 0 aliphatic carbocycles. The van der Waals surface area contributed by atoms with Gasteiger partial charge in [0.2, 0.25) is 0 Å². The monoisotopic (exact) mass is 451 g/mol. The van der Waals surface area contributed by atoms with Gasteiger partial charge in [-0.05, 0) is 37.6 Å². The lowest BCUT2D eigenvalue weighted by Gasteiger charge is -2.19. The van der Waals surface area contributed by atoms with Crippen LogP contribution >= 0.6 is 0 Å². The maximum atomic E-state index is 13.7. The zero-order valence-corrected chi connectivity index (χ0v) is 19.4. The molecule has 1 aliphatic heterocycles. The molecule has 0 spiro atoms. The second-order valence-electron chi connectivity index (χ2n) is 8.68. The van der Waals surface area contributed by atoms with Crippen molar-refractivity contribution in [3.8, 4) is 11.3 Å². The summed E-state index contributed by atoms with van der Waals surface area (Å²) in [6, 6.07) is 23.7. The molecule has 1 atom stereocenters. The predicted molar refractivity (Wildman–Crippen MR) is 133 cm³/mol. The number of hydrogen-bond donors (Lipinski definition) is 0. The third kappa shape index (κ3) is 3.39. The Labute approximate surface area is 198 Å². The van der Waals surface area contributed by atoms with Crippen molar-refractivity contribution in [3.63, 3.8) is 0 Å². The quantitative estimate of drug-likeness (QED) is 0.310. The first-order chi connectivity index (χ1) is 16.4. The first-order valence-electron chi connectivity index (χ1n) is 11.3. The summed E-state index contributed by atoms with van der Waals surface area (Å²) >= 11 is 0. The molecule has 5 rings (SSSR count). The number of fused-ring (bicyclic) bond motifs is 1. The topological polar surface area (TPSA) is 62.6 Å². The third-order valence-electron chi connectivity index (χ3n) is 6.49. The number of aryl methyl sites for hydroxylation is 2. The largest absolute Gasteiger partial charge is 0.343 e. The van der Waals surface area contributed by atoms with Gasteiger partial charge in [-0.25, -0.2) is 4.79 Å². The van der Waals surface area contributed by atoms with Crippen molar-refractivity contribution in [2.75, 3.05) is 11.4 Å². The van der Waals surface area contributed by atoms with Gasteiger partial charge in [-0.15, -0.1) is 0 Å². The molecule has 170 valence electrons. The molecule has 0 bridgehead atoms. The molecular formula is C28H25N3O3. The minimum absolute atomic E-state index is 0.268. The molecule has 1 aromatic heterocycles. The lowest BCUT2D eigenvalue weighted by Crippen LogP contribution is -2.37. The maximum absolute atomic E-state index is 13.7. The fourth-order valence-corrected chi connectivity index (χ4v) is 4.74. The zero-order valence-electron chi connectivity index (χ0n) is 19.4. The van der Waals surface area contributed by atoms with E-state index >= 15 is 0 Å². The summed E-state index contributed by atoms with van der Waals surface area (Å²) < 4.78 is 1.99. The van der Waals surface area contributed by atoms with Crippen LogP contribution in [0.15, 0.2) is 78.9 Å². The first-order valence-corrected chi connectivity index (χ1v) is 11.3. The van der Waals surface area contributed by atoms with Gasteiger partial charge in [0.05, 0.1) is 17.8 Å². The van der Waals surface area contributed by atoms with Crippen LogP contribution in [0, 0.1) is 6.92 Å². The van der Waals surface area contributed by atoms with Gasteiger partial charge in [0.1, 0.15) is 6.04 Å². The number of hydrogen-bond acceptors (Lipinski definition) is 3. The Morgan fingerprint density at radius 2 is 1.53 bits per heavy atom. The highest BCUT2D eigenvalue weighted by Crippen LogP contribution is 2.34. The number of benzene rings is 3. The van der Waals surface area contributed by atoms with Crippen LogP contribution in [0.5, 0.6) is 0 Å². The third-order valence-corrected chi connectivity index (χ3v) is 6.49. The second kappa shape index (κ2) is 8.30. The standard InChI is InChI=1S/C28H25N3O3/c1-18-13-15-21(16-14-18)31-19(2)27(33)30(28(31)34)17-24(32)25-22-11-7-8-12-23(22)29(3)26(25)20-9-5-4-6-10-20/h4-16,19H,17H2,1-3H3/t19-/m1/s1. The summed E-state index contributed by atoms with van der Waals surface area (Å²) in [5.41, 5.74) is 4.81. The molecule has 1 fully saturated rings. The van der Waals surface area contributed by atoms with Gasteiger partial charge in [-0.2, -0.15) is 0 Å². The van der Waals surface area contributed by atoms with Crippen molar-refractivity contribution in [1.29, 1.82) is 0 Å². The number of urea groups is 1. The van der Waals surface area contributed by atoms with Gasteiger partial charge in [0.25, 0.3) is 5.91 Å². The summed E-state index contributed by atoms with van der Waals surface area (Å²) in [7, 11) is 1.93. The summed E-state index contributed by atoms with van der Waals surface area (Å²) in [5, 5.41) is 0.802. The minimum Gasteiger partial charge on any atom is -0.343 e. The number of para-hydroxylation sites is 1. The van der Waals surface area contributed by atoms with Crippen LogP contribution in [0.25, 0.3) is 22.2 Å². The fourth-order valence-electron chi connectivity index (χ4n) is 4.74. The molecule has 3 amide bonds. The Bertz CT molecular complexity index is 1420. The van der Waals surface area contributed by atoms with Crippen molar-refractivity contribution >= 4 is 34.3 Å². The van der Waals surface area contributed by atoms with Crippen LogP contribution in [0.3, 0.4) is 0 Å². The number of imide groups is 1. The lowest BCUT2D eigenvalue weighted by molar-refractivity contribution is -0.126. The van der Waals surface area contributed by atoms with E-state index in [1.165, 1.54) is 4.90 Å². The molecule has 3 aromatic carbocycles. The summed E-state index contributed by atoms with van der Waals surface area (Å²) in [6.45, 7) is 3.35. The number of nitrogens with zero attached hydrogens (tertiary/aromatic N) is 3. The van der Waals surface area contributed by atoms with Gasteiger partial charge >= 0.3 is 6.03 Å². The van der Waals surface area contributed by atoms with Crippen LogP contribution in [0.1, 0.15) is 22.8 Å². The van der Waals surface area contributed by atoms with E-state index in [0.717, 1.165) is 32.6 Å². The number of ketones is 1. The van der Waals surface area contributed by atoms with Gasteiger partial charge < -0.3 is 4.57 Å². The highest BCUT2D eigenvalue weighted by molar-refractivity contribution is 6.20. The molecular weight excluding hydrogens is 426 g/mol. The van der Waals surface area contributed by atoms with Crippen LogP contribution in [-0.2, 0) is 11.8 Å². The highest BCUT2D eigenvalue weighted by Gasteiger charge is 2.44. The Kier molecular flexibility index (Phi) is 5.28. The number of anilines is 1. The molecule has 6 nitrogen and oxygen atoms in total. The number of rotatable bonds is 5. The molecule has 2 heterocycles. The number of carbonyl (C=O) groups excluding carboxylic acids is 3. The maximum Gasteiger partial charge on any atom is 0.332 e. The zero-order chi connectivity index (χ0) is 24.0. The number of amides is 3. The summed E-state index contributed by atoms with van der Waals surface area (Å²) in [6.07, 6.45) is 0. The summed E-state index contributed by atoms with van der Waals surface area (Å²) in [5.74, 6) is -0.643. The highest BCUT2D eigenvalue weighted by atomic mass is 16.2. The van der Waals surface area contributed by atoms with Crippen molar-refractivity contribution in [2.24, 2.45) is 7.05 Å². The van der Waals surface area contributed by atoms with Crippen molar-refractivity contribution in [3.05, 3.63) is 90.0 Å². The molecule has 0 saturated carbocycles. The van der Waals surface area contributed by atoms with Crippen LogP contribution < -0.4 is 4.90 Å². The molecule has 0 radical (unpaired) electrons. The molecule has 4 aromatic rings. The number of aromatic nitrogens is 1. The SMILES string of the molecule is Cc1ccc(N2C(=O)N(CC(=O)c3c(-c4ccccc4)n(C)c4ccccc34)C(=O)[C@H]2C)cc1. The number of Topliss-reactive ketones (excluding diaryl/α,β-unsaturated/α-hetero) is 1. The van der Waals surface area contributed by atoms with Crippen LogP contribution in [0.2, 0.25) is 0 Å². The van der Waals surface area contributed by atoms with E-state index in [9.17, 15) is 14.4 Å². The Morgan fingerprint density at radius 3 is 2.24 bits per heavy atom. The van der Waals surface area contributed by atoms with Crippen molar-refractivity contribution in [2.45, 2.75) is 19.9 Å². The predicted octanol–water partition coefficient (Wildman–Crippen LogP) is 5.19. The molecule has 0 unspecified atom stereocenters. The Balaban J connectivity index is 1.54. The van der Waals surface area contributed by atoms with E-state index in [1.54, 1.807) is 6.92 Å². The van der Waals surface area contributed by atoms with Crippen LogP contribution in [0.4, 0.5) is 10.5 Å². The van der Waals surface area contributed by atoms with E-state index in [-0.39, 0.29) is 18.2 Å². The minimum atomic E-state index is -0.677. The molecule has 1 saturated heterocycles. The normalized spacial score (nSPS) is 16.0. The van der Waals surface area contributed by atoms with E-state index in [2.05, 4.69) is 0 Å². The molecule has 0 N–H and O–H groups in total. The van der Waals surface area contributed by atoms with Crippen LogP contribution in [-0.4, -0.2) is 39.8 Å². The number of carbonyl (C=O) groups is 3. The smallest absolute Gasteiger partial charge is 0.332 e. The average molecular weight is 452 g/mol. The van der Waals surface area contributed by atoms with E-state index in [4.69, 9.17) is 0 Å². The van der Waals surface area contributed by atoms with E-state index in [0.29, 0.717) is 11.3 Å². The first kappa shape index (κ1) is 21.6. The Hall–Kier alpha value is -4.19. The molecule has 34 heavy (non-hydrogen) atoms. The lowest BCUT2D eigenvalue weighted by atomic mass is 10.0. The second-order valence-corrected chi connectivity index (χ2v) is 8.68. The van der Waals surface area contributed by atoms with Crippen molar-refractivity contribution < 1.29 is 14.4 Å². The van der Waals surface area contributed by atoms with E-state index < -0.39 is 12.1 Å². The molecule has 1 aliphatic rings. The van der Waals surface area contributed by atoms with Gasteiger partial charge in [-0.1, -0.05) is 66.2 Å². The average Bonchev–Trinajstić information content (AvgIpc) is 3.26.